The molecule has 6 aromatic rings. The molecule has 0 aliphatic carbocycles. The number of piperazine rings is 2. The van der Waals surface area contributed by atoms with Crippen molar-refractivity contribution in [2.45, 2.75) is 157 Å². The average molecular weight is 1160 g/mol. The molecule has 2 aliphatic rings. The third kappa shape index (κ3) is 20.1. The van der Waals surface area contributed by atoms with Crippen molar-refractivity contribution in [3.05, 3.63) is 48.0 Å². The van der Waals surface area contributed by atoms with E-state index in [-0.39, 0.29) is 51.2 Å². The fourth-order valence-corrected chi connectivity index (χ4v) is 10.3. The number of aryl methyl sites for hydroxylation is 4. The van der Waals surface area contributed by atoms with Crippen molar-refractivity contribution in [3.8, 4) is 0 Å². The Morgan fingerprint density at radius 2 is 1.00 bits per heavy atom. The zero-order chi connectivity index (χ0) is 59.9. The fraction of sp³-hybridized carbons (Fsp3) is 0.645. The lowest BCUT2D eigenvalue weighted by atomic mass is 10.1. The molecule has 0 unspecified atom stereocenters. The van der Waals surface area contributed by atoms with Crippen molar-refractivity contribution in [3.63, 3.8) is 0 Å². The Bertz CT molecular complexity index is 2960. The van der Waals surface area contributed by atoms with E-state index in [1.807, 2.05) is 41.5 Å². The highest BCUT2D eigenvalue weighted by Gasteiger charge is 2.23. The zero-order valence-electron chi connectivity index (χ0n) is 51.1. The first kappa shape index (κ1) is 66.2. The molecule has 2 aromatic carbocycles. The monoisotopic (exact) mass is 1150 g/mol. The van der Waals surface area contributed by atoms with Crippen molar-refractivity contribution in [2.75, 3.05) is 126 Å². The van der Waals surface area contributed by atoms with Crippen molar-refractivity contribution in [2.24, 2.45) is 0 Å². The number of imidazole rings is 2. The molecule has 21 nitrogen and oxygen atoms in total. The van der Waals surface area contributed by atoms with Crippen LogP contribution in [0.3, 0.4) is 0 Å². The van der Waals surface area contributed by atoms with Gasteiger partial charge in [-0.25, -0.2) is 19.9 Å². The normalized spacial score (nSPS) is 14.3. The molecule has 0 atom stereocenters. The minimum absolute atomic E-state index is 0.0195. The lowest BCUT2D eigenvalue weighted by Crippen LogP contribution is -2.47. The molecule has 2 aliphatic heterocycles. The van der Waals surface area contributed by atoms with Gasteiger partial charge < -0.3 is 70.0 Å². The Morgan fingerprint density at radius 3 is 1.42 bits per heavy atom. The van der Waals surface area contributed by atoms with E-state index in [1.165, 1.54) is 11.4 Å². The number of carbonyl (C=O) groups is 2. The van der Waals surface area contributed by atoms with Crippen LogP contribution in [-0.4, -0.2) is 178 Å². The molecule has 0 radical (unpaired) electrons. The van der Waals surface area contributed by atoms with Crippen LogP contribution >= 0.6 is 0 Å². The number of nitrogens with two attached hydrogens (primary N) is 2. The van der Waals surface area contributed by atoms with Gasteiger partial charge in [-0.1, -0.05) is 26.7 Å². The number of aliphatic hydroxyl groups is 3. The van der Waals surface area contributed by atoms with Crippen LogP contribution in [0.4, 0.5) is 23.0 Å². The first-order valence-electron chi connectivity index (χ1n) is 30.4. The Kier molecular flexibility index (Phi) is 26.3. The quantitative estimate of drug-likeness (QED) is 0.0214. The van der Waals surface area contributed by atoms with Crippen LogP contribution in [-0.2, 0) is 54.5 Å². The van der Waals surface area contributed by atoms with Gasteiger partial charge in [0.2, 0.25) is 0 Å². The summed E-state index contributed by atoms with van der Waals surface area (Å²) in [5.41, 5.74) is 19.8. The smallest absolute Gasteiger partial charge is 0.308 e. The number of pyridine rings is 2. The number of rotatable bonds is 27. The maximum Gasteiger partial charge on any atom is 0.308 e. The fourth-order valence-electron chi connectivity index (χ4n) is 10.3. The summed E-state index contributed by atoms with van der Waals surface area (Å²) >= 11 is 0. The molecular formula is C62H98N12O9. The molecule has 0 saturated carbocycles. The van der Waals surface area contributed by atoms with E-state index >= 15 is 0 Å². The number of hydrogen-bond acceptors (Lipinski definition) is 19. The Hall–Kier alpha value is -5.94. The standard InChI is InChI=1S/C31H48N6O4.C22H32N6O.C9H18O4/c1-5-6-9-26-34-28-29(37(26)13-7-8-19-38)24-22-23(10-11-25(24)33-30(28)32)36-16-14-35(15-17-36)18-21-40-20-12-27(39)41-31(2,3)4;1-2-3-6-19-26-20-21(28(19)11-4-5-14-29)17-15-16(27-12-9-24-10-13-27)7-8-18(17)25-22(20)23;1-9(2,3)13-8(11)4-6-12-7-5-10/h10-11,22,38H,5-9,12-21H2,1-4H3,(H2,32,33);7-8,15,24,29H,2-6,9-14H2,1H3,(H2,23,25);10H,4-7H2,1-3H3. The molecule has 0 spiro atoms. The third-order valence-electron chi connectivity index (χ3n) is 14.4. The van der Waals surface area contributed by atoms with Crippen LogP contribution in [0.1, 0.15) is 131 Å². The van der Waals surface area contributed by atoms with E-state index < -0.39 is 11.2 Å². The van der Waals surface area contributed by atoms with Gasteiger partial charge in [-0.15, -0.1) is 0 Å². The summed E-state index contributed by atoms with van der Waals surface area (Å²) in [6.45, 7) is 27.7. The zero-order valence-corrected chi connectivity index (χ0v) is 51.1. The van der Waals surface area contributed by atoms with E-state index in [2.05, 4.69) is 84.4 Å². The number of esters is 2. The molecule has 83 heavy (non-hydrogen) atoms. The summed E-state index contributed by atoms with van der Waals surface area (Å²) < 4.78 is 25.6. The van der Waals surface area contributed by atoms with E-state index in [1.54, 1.807) is 0 Å². The van der Waals surface area contributed by atoms with Gasteiger partial charge in [-0.2, -0.15) is 0 Å². The number of ether oxygens (including phenoxy) is 4. The van der Waals surface area contributed by atoms with Gasteiger partial charge >= 0.3 is 11.9 Å². The van der Waals surface area contributed by atoms with Gasteiger partial charge in [0.25, 0.3) is 0 Å². The number of nitrogen functional groups attached to an aromatic ring is 2. The summed E-state index contributed by atoms with van der Waals surface area (Å²) in [5.74, 6) is 2.61. The molecular weight excluding hydrogens is 1060 g/mol. The molecule has 6 heterocycles. The van der Waals surface area contributed by atoms with Crippen LogP contribution in [0.2, 0.25) is 0 Å². The molecule has 0 amide bonds. The maximum atomic E-state index is 11.8. The van der Waals surface area contributed by atoms with Gasteiger partial charge in [-0.05, 0) is 116 Å². The molecule has 21 heteroatoms. The van der Waals surface area contributed by atoms with Crippen molar-refractivity contribution in [1.82, 2.24) is 39.3 Å². The first-order chi connectivity index (χ1) is 39.9. The summed E-state index contributed by atoms with van der Waals surface area (Å²) in [4.78, 5) is 49.4. The van der Waals surface area contributed by atoms with Gasteiger partial charge in [0.1, 0.15) is 33.9 Å². The van der Waals surface area contributed by atoms with Crippen LogP contribution in [0, 0.1) is 0 Å². The second kappa shape index (κ2) is 32.9. The van der Waals surface area contributed by atoms with Crippen molar-refractivity contribution < 1.29 is 43.9 Å². The molecule has 2 fully saturated rings. The Morgan fingerprint density at radius 1 is 0.554 bits per heavy atom. The highest BCUT2D eigenvalue weighted by atomic mass is 16.6. The molecule has 2 saturated heterocycles. The van der Waals surface area contributed by atoms with E-state index in [0.717, 1.165) is 192 Å². The van der Waals surface area contributed by atoms with Gasteiger partial charge in [0.05, 0.1) is 67.9 Å². The molecule has 4 aromatic heterocycles. The summed E-state index contributed by atoms with van der Waals surface area (Å²) in [7, 11) is 0. The Labute approximate surface area is 491 Å². The van der Waals surface area contributed by atoms with Gasteiger partial charge in [-0.3, -0.25) is 14.5 Å². The molecule has 8 N–H and O–H groups in total. The number of unbranched alkanes of at least 4 members (excludes halogenated alkanes) is 4. The SMILES string of the molecule is CC(C)(C)OC(=O)CCOCCO.CCCCc1nc2c(N)nc3ccc(N4CCN(CCOCCC(=O)OC(C)(C)C)CC4)cc3c2n1CCCCO.CCCCc1nc2c(N)nc3ccc(N4CCNCC4)cc3c2n1CCCCO. The number of aromatic nitrogens is 6. The number of aliphatic hydroxyl groups excluding tert-OH is 3. The number of fused-ring (bicyclic) bond motifs is 6. The number of nitrogens with one attached hydrogen (secondary N) is 1. The molecule has 460 valence electrons. The second-order valence-corrected chi connectivity index (χ2v) is 23.4. The van der Waals surface area contributed by atoms with Gasteiger partial charge in [0.15, 0.2) is 11.6 Å². The predicted octanol–water partition coefficient (Wildman–Crippen LogP) is 7.57. The molecule has 8 rings (SSSR count). The minimum atomic E-state index is -0.462. The van der Waals surface area contributed by atoms with E-state index in [0.29, 0.717) is 31.5 Å². The first-order valence-corrected chi connectivity index (χ1v) is 30.4. The number of benzene rings is 2. The summed E-state index contributed by atoms with van der Waals surface area (Å²) in [5, 5.41) is 32.6. The van der Waals surface area contributed by atoms with E-state index in [9.17, 15) is 19.8 Å². The highest BCUT2D eigenvalue weighted by Crippen LogP contribution is 2.35. The lowest BCUT2D eigenvalue weighted by molar-refractivity contribution is -0.157. The number of nitrogens with zero attached hydrogens (tertiary/aromatic N) is 9. The third-order valence-corrected chi connectivity index (χ3v) is 14.4. The van der Waals surface area contributed by atoms with Crippen LogP contribution in [0.25, 0.3) is 43.9 Å². The number of hydrogen-bond donors (Lipinski definition) is 6. The van der Waals surface area contributed by atoms with Crippen LogP contribution in [0.5, 0.6) is 0 Å². The Balaban J connectivity index is 0.000000228. The van der Waals surface area contributed by atoms with E-state index in [4.69, 9.17) is 50.5 Å². The largest absolute Gasteiger partial charge is 0.460 e. The topological polar surface area (TPSA) is 267 Å². The molecule has 0 bridgehead atoms. The average Bonchev–Trinajstić information content (AvgIpc) is 2.30. The lowest BCUT2D eigenvalue weighted by Gasteiger charge is -2.36. The highest BCUT2D eigenvalue weighted by molar-refractivity contribution is 6.08. The predicted molar refractivity (Wildman–Crippen MR) is 332 cm³/mol. The van der Waals surface area contributed by atoms with Crippen LogP contribution < -0.4 is 26.6 Å². The summed E-state index contributed by atoms with van der Waals surface area (Å²) in [6.07, 6.45) is 10.1. The van der Waals surface area contributed by atoms with Crippen LogP contribution in [0.15, 0.2) is 36.4 Å². The minimum Gasteiger partial charge on any atom is -0.460 e. The van der Waals surface area contributed by atoms with Gasteiger partial charge in [0, 0.05) is 120 Å². The number of anilines is 4. The maximum absolute atomic E-state index is 11.8. The van der Waals surface area contributed by atoms with Crippen molar-refractivity contribution in [1.29, 1.82) is 0 Å². The summed E-state index contributed by atoms with van der Waals surface area (Å²) in [6, 6.07) is 12.9. The number of carbonyl (C=O) groups excluding carboxylic acids is 2. The van der Waals surface area contributed by atoms with Crippen molar-refractivity contribution >= 4 is 78.8 Å². The second-order valence-electron chi connectivity index (χ2n) is 23.4.